The Morgan fingerprint density at radius 3 is 2.61 bits per heavy atom. The van der Waals surface area contributed by atoms with Crippen LogP contribution in [0.4, 0.5) is 10.2 Å². The molecule has 3 aromatic heterocycles. The number of rotatable bonds is 5. The van der Waals surface area contributed by atoms with Gasteiger partial charge in [-0.15, -0.1) is 0 Å². The number of anilines is 1. The van der Waals surface area contributed by atoms with Crippen molar-refractivity contribution in [2.24, 2.45) is 0 Å². The standard InChI is InChI=1S/C23H24FN5OS/c1-14-12-19(31-28-14)13-21-26-20-10-11-29(17-6-2-15(24)3-7-17)22(20)23(27-21)25-16-4-8-18(30)9-5-16/h2-3,6-7,10-12,16,18,30H,4-5,8-9,13H2,1H3,(H,25,26,27). The van der Waals surface area contributed by atoms with E-state index in [-0.39, 0.29) is 18.0 Å². The monoisotopic (exact) mass is 437 g/mol. The molecule has 0 spiro atoms. The Labute approximate surface area is 184 Å². The Morgan fingerprint density at radius 1 is 1.13 bits per heavy atom. The molecule has 1 aromatic carbocycles. The number of nitrogens with one attached hydrogen (secondary N) is 1. The number of fused-ring (bicyclic) bond motifs is 1. The fourth-order valence-electron chi connectivity index (χ4n) is 4.16. The first-order valence-corrected chi connectivity index (χ1v) is 11.3. The van der Waals surface area contributed by atoms with Crippen LogP contribution in [0.2, 0.25) is 0 Å². The number of hydrogen-bond acceptors (Lipinski definition) is 6. The van der Waals surface area contributed by atoms with Gasteiger partial charge in [0.05, 0.1) is 17.3 Å². The molecule has 5 rings (SSSR count). The molecule has 0 saturated heterocycles. The third-order valence-corrected chi connectivity index (χ3v) is 6.61. The summed E-state index contributed by atoms with van der Waals surface area (Å²) in [6.07, 6.45) is 5.73. The SMILES string of the molecule is Cc1cc(Cc2nc(NC3CCC(O)CC3)c3c(ccn3-c3ccc(F)cc3)n2)sn1. The maximum Gasteiger partial charge on any atom is 0.154 e. The highest BCUT2D eigenvalue weighted by Gasteiger charge is 2.22. The number of aliphatic hydroxyl groups excluding tert-OH is 1. The third-order valence-electron chi connectivity index (χ3n) is 5.73. The van der Waals surface area contributed by atoms with Crippen LogP contribution in [0.3, 0.4) is 0 Å². The van der Waals surface area contributed by atoms with Crippen molar-refractivity contribution in [2.75, 3.05) is 5.32 Å². The predicted octanol–water partition coefficient (Wildman–Crippen LogP) is 4.63. The lowest BCUT2D eigenvalue weighted by molar-refractivity contribution is 0.126. The molecular formula is C23H24FN5OS. The molecule has 1 aliphatic carbocycles. The summed E-state index contributed by atoms with van der Waals surface area (Å²) in [5.74, 6) is 1.25. The number of aliphatic hydroxyl groups is 1. The normalized spacial score (nSPS) is 19.1. The first kappa shape index (κ1) is 20.1. The first-order chi connectivity index (χ1) is 15.0. The van der Waals surface area contributed by atoms with Gasteiger partial charge in [0.25, 0.3) is 0 Å². The Bertz CT molecular complexity index is 1190. The van der Waals surface area contributed by atoms with E-state index < -0.39 is 0 Å². The number of halogens is 1. The van der Waals surface area contributed by atoms with Crippen LogP contribution in [0.1, 0.15) is 42.1 Å². The molecule has 3 heterocycles. The van der Waals surface area contributed by atoms with E-state index in [0.29, 0.717) is 6.42 Å². The minimum absolute atomic E-state index is 0.211. The quantitative estimate of drug-likeness (QED) is 0.476. The van der Waals surface area contributed by atoms with Gasteiger partial charge in [0.1, 0.15) is 17.2 Å². The maximum atomic E-state index is 13.5. The number of benzene rings is 1. The van der Waals surface area contributed by atoms with Crippen molar-refractivity contribution in [2.45, 2.75) is 51.2 Å². The van der Waals surface area contributed by atoms with E-state index in [0.717, 1.165) is 64.6 Å². The van der Waals surface area contributed by atoms with Gasteiger partial charge in [-0.1, -0.05) is 0 Å². The minimum atomic E-state index is -0.266. The lowest BCUT2D eigenvalue weighted by Gasteiger charge is -2.27. The van der Waals surface area contributed by atoms with Crippen molar-refractivity contribution in [3.05, 3.63) is 64.8 Å². The van der Waals surface area contributed by atoms with E-state index >= 15 is 0 Å². The molecule has 0 radical (unpaired) electrons. The number of hydrogen-bond donors (Lipinski definition) is 2. The van der Waals surface area contributed by atoms with Gasteiger partial charge in [-0.2, -0.15) is 4.37 Å². The second-order valence-electron chi connectivity index (χ2n) is 8.15. The average molecular weight is 438 g/mol. The van der Waals surface area contributed by atoms with Crippen molar-refractivity contribution in [3.63, 3.8) is 0 Å². The van der Waals surface area contributed by atoms with Crippen LogP contribution in [-0.4, -0.2) is 36.2 Å². The molecule has 0 aliphatic heterocycles. The van der Waals surface area contributed by atoms with Crippen molar-refractivity contribution < 1.29 is 9.50 Å². The minimum Gasteiger partial charge on any atom is -0.393 e. The predicted molar refractivity (Wildman–Crippen MR) is 120 cm³/mol. The van der Waals surface area contributed by atoms with E-state index in [1.807, 2.05) is 23.8 Å². The zero-order valence-corrected chi connectivity index (χ0v) is 18.1. The largest absolute Gasteiger partial charge is 0.393 e. The van der Waals surface area contributed by atoms with Crippen LogP contribution in [0, 0.1) is 12.7 Å². The Hall–Kier alpha value is -2.84. The molecule has 0 amide bonds. The van der Waals surface area contributed by atoms with Gasteiger partial charge in [-0.05, 0) is 80.5 Å². The van der Waals surface area contributed by atoms with Gasteiger partial charge in [0.2, 0.25) is 0 Å². The average Bonchev–Trinajstić information content (AvgIpc) is 3.36. The van der Waals surface area contributed by atoms with E-state index in [9.17, 15) is 9.50 Å². The molecule has 2 N–H and O–H groups in total. The van der Waals surface area contributed by atoms with Crippen LogP contribution in [0.5, 0.6) is 0 Å². The highest BCUT2D eigenvalue weighted by atomic mass is 32.1. The van der Waals surface area contributed by atoms with Crippen molar-refractivity contribution in [1.82, 2.24) is 18.9 Å². The van der Waals surface area contributed by atoms with E-state index in [4.69, 9.17) is 9.97 Å². The van der Waals surface area contributed by atoms with E-state index in [1.165, 1.54) is 23.7 Å². The molecule has 1 fully saturated rings. The number of nitrogens with zero attached hydrogens (tertiary/aromatic N) is 4. The molecule has 6 nitrogen and oxygen atoms in total. The second-order valence-corrected chi connectivity index (χ2v) is 9.04. The zero-order valence-electron chi connectivity index (χ0n) is 17.3. The second kappa shape index (κ2) is 8.36. The van der Waals surface area contributed by atoms with Crippen LogP contribution < -0.4 is 5.32 Å². The van der Waals surface area contributed by atoms with Gasteiger partial charge in [0.15, 0.2) is 5.82 Å². The van der Waals surface area contributed by atoms with Crippen molar-refractivity contribution in [3.8, 4) is 5.69 Å². The fourth-order valence-corrected chi connectivity index (χ4v) is 4.89. The highest BCUT2D eigenvalue weighted by Crippen LogP contribution is 2.29. The molecular weight excluding hydrogens is 413 g/mol. The smallest absolute Gasteiger partial charge is 0.154 e. The summed E-state index contributed by atoms with van der Waals surface area (Å²) in [6.45, 7) is 1.98. The molecule has 0 unspecified atom stereocenters. The number of aryl methyl sites for hydroxylation is 1. The summed E-state index contributed by atoms with van der Waals surface area (Å²) in [6, 6.07) is 10.7. The van der Waals surface area contributed by atoms with Crippen LogP contribution in [0.15, 0.2) is 42.6 Å². The summed E-state index contributed by atoms with van der Waals surface area (Å²) in [7, 11) is 0. The molecule has 4 aromatic rings. The Kier molecular flexibility index (Phi) is 5.41. The topological polar surface area (TPSA) is 75.9 Å². The summed E-state index contributed by atoms with van der Waals surface area (Å²) in [4.78, 5) is 10.8. The van der Waals surface area contributed by atoms with Gasteiger partial charge >= 0.3 is 0 Å². The Morgan fingerprint density at radius 2 is 1.90 bits per heavy atom. The first-order valence-electron chi connectivity index (χ1n) is 10.6. The van der Waals surface area contributed by atoms with Crippen LogP contribution in [0.25, 0.3) is 16.7 Å². The summed E-state index contributed by atoms with van der Waals surface area (Å²) >= 11 is 1.48. The van der Waals surface area contributed by atoms with Crippen molar-refractivity contribution >= 4 is 28.4 Å². The fraction of sp³-hybridized carbons (Fsp3) is 0.348. The van der Waals surface area contributed by atoms with Crippen LogP contribution in [-0.2, 0) is 6.42 Å². The molecule has 0 atom stereocenters. The summed E-state index contributed by atoms with van der Waals surface area (Å²) < 4.78 is 19.8. The molecule has 8 heteroatoms. The lowest BCUT2D eigenvalue weighted by Crippen LogP contribution is -2.29. The third kappa shape index (κ3) is 4.31. The van der Waals surface area contributed by atoms with Crippen LogP contribution >= 0.6 is 11.5 Å². The molecule has 31 heavy (non-hydrogen) atoms. The van der Waals surface area contributed by atoms with Gasteiger partial charge in [-0.3, -0.25) is 0 Å². The van der Waals surface area contributed by atoms with Gasteiger partial charge in [0, 0.05) is 29.2 Å². The summed E-state index contributed by atoms with van der Waals surface area (Å²) in [5, 5.41) is 13.5. The summed E-state index contributed by atoms with van der Waals surface area (Å²) in [5.41, 5.74) is 3.58. The zero-order chi connectivity index (χ0) is 21.4. The molecule has 1 saturated carbocycles. The van der Waals surface area contributed by atoms with E-state index in [2.05, 4.69) is 15.8 Å². The lowest BCUT2D eigenvalue weighted by atomic mass is 9.93. The Balaban J connectivity index is 1.56. The molecule has 0 bridgehead atoms. The van der Waals surface area contributed by atoms with Gasteiger partial charge in [-0.25, -0.2) is 14.4 Å². The molecule has 1 aliphatic rings. The number of aromatic nitrogens is 4. The highest BCUT2D eigenvalue weighted by molar-refractivity contribution is 7.05. The van der Waals surface area contributed by atoms with Crippen molar-refractivity contribution in [1.29, 1.82) is 0 Å². The molecule has 160 valence electrons. The van der Waals surface area contributed by atoms with Gasteiger partial charge < -0.3 is 15.0 Å². The maximum absolute atomic E-state index is 13.5. The van der Waals surface area contributed by atoms with E-state index in [1.54, 1.807) is 12.1 Å².